The largest absolute Gasteiger partial charge is 0.384 e. The first-order valence-corrected chi connectivity index (χ1v) is 10.3. The van der Waals surface area contributed by atoms with Gasteiger partial charge in [-0.05, 0) is 36.8 Å². The van der Waals surface area contributed by atoms with Crippen molar-refractivity contribution in [2.75, 3.05) is 19.0 Å². The Labute approximate surface area is 191 Å². The number of carbonyl (C=O) groups is 2. The zero-order valence-corrected chi connectivity index (χ0v) is 18.7. The van der Waals surface area contributed by atoms with E-state index in [1.165, 1.54) is 24.1 Å². The van der Waals surface area contributed by atoms with Crippen LogP contribution in [0.15, 0.2) is 53.6 Å². The normalized spacial score (nSPS) is 11.4. The molecule has 1 heterocycles. The average Bonchev–Trinajstić information content (AvgIpc) is 3.15. The fraction of sp³-hybridized carbons (Fsp3) is 0.217. The highest BCUT2D eigenvalue weighted by Crippen LogP contribution is 2.32. The molecule has 0 aliphatic carbocycles. The molecule has 0 bridgehead atoms. The molecule has 33 heavy (non-hydrogen) atoms. The molecule has 1 aromatic heterocycles. The molecule has 0 radical (unpaired) electrons. The molecular weight excluding hydrogens is 425 g/mol. The third kappa shape index (κ3) is 5.07. The van der Waals surface area contributed by atoms with Crippen LogP contribution < -0.4 is 16.5 Å². The van der Waals surface area contributed by atoms with Gasteiger partial charge in [0.15, 0.2) is 6.29 Å². The third-order valence-electron chi connectivity index (χ3n) is 5.03. The zero-order valence-electron chi connectivity index (χ0n) is 18.7. The standard InChI is InChI=1S/C23H26FN7O2/c1-4-18-21(15-9-11-17(24)12-10-15)28-31(13-20(25)27-30(3)26)22(18)29(2)23(33)19-8-6-5-7-16(19)14-32/h5-12,14H,4,13,26H2,1-3H3,(H2,25,27). The summed E-state index contributed by atoms with van der Waals surface area (Å²) in [5, 5.41) is 9.76. The molecule has 0 fully saturated rings. The molecule has 3 aromatic rings. The molecule has 0 atom stereocenters. The van der Waals surface area contributed by atoms with Gasteiger partial charge in [0.05, 0.1) is 11.3 Å². The van der Waals surface area contributed by atoms with Crippen LogP contribution in [0.1, 0.15) is 33.2 Å². The smallest absolute Gasteiger partial charge is 0.259 e. The van der Waals surface area contributed by atoms with Crippen molar-refractivity contribution in [3.8, 4) is 11.3 Å². The van der Waals surface area contributed by atoms with E-state index < -0.39 is 0 Å². The van der Waals surface area contributed by atoms with Crippen LogP contribution in [-0.4, -0.2) is 47.0 Å². The molecule has 0 saturated carbocycles. The van der Waals surface area contributed by atoms with Crippen molar-refractivity contribution in [2.45, 2.75) is 19.9 Å². The molecule has 0 saturated heterocycles. The minimum absolute atomic E-state index is 0.0536. The van der Waals surface area contributed by atoms with E-state index in [9.17, 15) is 14.0 Å². The highest BCUT2D eigenvalue weighted by atomic mass is 19.1. The summed E-state index contributed by atoms with van der Waals surface area (Å²) in [5.74, 6) is 5.48. The van der Waals surface area contributed by atoms with E-state index in [1.807, 2.05) is 6.92 Å². The molecule has 9 nitrogen and oxygen atoms in total. The number of amidine groups is 1. The number of rotatable bonds is 8. The maximum absolute atomic E-state index is 13.5. The number of nitrogens with zero attached hydrogens (tertiary/aromatic N) is 5. The Bertz CT molecular complexity index is 1190. The second-order valence-corrected chi connectivity index (χ2v) is 7.40. The lowest BCUT2D eigenvalue weighted by Gasteiger charge is -2.21. The molecule has 0 aliphatic heterocycles. The molecule has 0 unspecified atom stereocenters. The van der Waals surface area contributed by atoms with Gasteiger partial charge in [-0.25, -0.2) is 20.0 Å². The van der Waals surface area contributed by atoms with Gasteiger partial charge in [-0.1, -0.05) is 25.1 Å². The van der Waals surface area contributed by atoms with Crippen molar-refractivity contribution in [1.29, 1.82) is 0 Å². The number of hydrogen-bond donors (Lipinski definition) is 2. The summed E-state index contributed by atoms with van der Waals surface area (Å²) in [6.07, 6.45) is 1.17. The summed E-state index contributed by atoms with van der Waals surface area (Å²) >= 11 is 0. The number of carbonyl (C=O) groups excluding carboxylic acids is 2. The maximum atomic E-state index is 13.5. The fourth-order valence-electron chi connectivity index (χ4n) is 3.60. The Morgan fingerprint density at radius 1 is 1.18 bits per heavy atom. The van der Waals surface area contributed by atoms with Crippen LogP contribution in [0.3, 0.4) is 0 Å². The first-order valence-electron chi connectivity index (χ1n) is 10.3. The summed E-state index contributed by atoms with van der Waals surface area (Å²) in [7, 11) is 3.14. The Balaban J connectivity index is 2.17. The highest BCUT2D eigenvalue weighted by molar-refractivity contribution is 6.10. The van der Waals surface area contributed by atoms with Crippen molar-refractivity contribution in [2.24, 2.45) is 16.7 Å². The Hall–Kier alpha value is -4.05. The van der Waals surface area contributed by atoms with E-state index >= 15 is 0 Å². The number of aromatic nitrogens is 2. The Kier molecular flexibility index (Phi) is 7.19. The van der Waals surface area contributed by atoms with Crippen molar-refractivity contribution < 1.29 is 14.0 Å². The van der Waals surface area contributed by atoms with Gasteiger partial charge in [0, 0.05) is 30.8 Å². The minimum Gasteiger partial charge on any atom is -0.384 e. The molecule has 2 aromatic carbocycles. The topological polar surface area (TPSA) is 123 Å². The number of nitrogens with two attached hydrogens (primary N) is 2. The first-order chi connectivity index (χ1) is 15.8. The van der Waals surface area contributed by atoms with Crippen LogP contribution in [-0.2, 0) is 13.0 Å². The van der Waals surface area contributed by atoms with Gasteiger partial charge in [0.2, 0.25) is 0 Å². The van der Waals surface area contributed by atoms with Crippen LogP contribution in [0.5, 0.6) is 0 Å². The van der Waals surface area contributed by atoms with Crippen molar-refractivity contribution >= 4 is 23.8 Å². The SMILES string of the molecule is CCc1c(-c2ccc(F)cc2)nn(C/C(N)=N/N(C)N)c1N(C)C(=O)c1ccccc1C=O. The van der Waals surface area contributed by atoms with Crippen LogP contribution in [0, 0.1) is 5.82 Å². The quantitative estimate of drug-likeness (QED) is 0.178. The fourth-order valence-corrected chi connectivity index (χ4v) is 3.60. The van der Waals surface area contributed by atoms with Crippen molar-refractivity contribution in [3.05, 3.63) is 71.0 Å². The lowest BCUT2D eigenvalue weighted by Crippen LogP contribution is -2.33. The lowest BCUT2D eigenvalue weighted by molar-refractivity contribution is 0.0984. The average molecular weight is 452 g/mol. The van der Waals surface area contributed by atoms with E-state index in [4.69, 9.17) is 11.6 Å². The molecule has 0 aliphatic rings. The van der Waals surface area contributed by atoms with Crippen molar-refractivity contribution in [1.82, 2.24) is 14.9 Å². The van der Waals surface area contributed by atoms with Gasteiger partial charge in [-0.15, -0.1) is 5.10 Å². The number of anilines is 1. The molecule has 3 rings (SSSR count). The summed E-state index contributed by atoms with van der Waals surface area (Å²) in [6.45, 7) is 1.98. The van der Waals surface area contributed by atoms with E-state index in [0.717, 1.165) is 10.7 Å². The third-order valence-corrected chi connectivity index (χ3v) is 5.03. The molecule has 4 N–H and O–H groups in total. The number of amides is 1. The van der Waals surface area contributed by atoms with Crippen LogP contribution in [0.4, 0.5) is 10.2 Å². The second kappa shape index (κ2) is 10.0. The number of hydrazine groups is 1. The molecule has 10 heteroatoms. The summed E-state index contributed by atoms with van der Waals surface area (Å²) in [6, 6.07) is 12.5. The van der Waals surface area contributed by atoms with Gasteiger partial charge in [-0.2, -0.15) is 5.10 Å². The maximum Gasteiger partial charge on any atom is 0.259 e. The van der Waals surface area contributed by atoms with Gasteiger partial charge in [0.1, 0.15) is 24.0 Å². The van der Waals surface area contributed by atoms with Crippen LogP contribution >= 0.6 is 0 Å². The predicted octanol–water partition coefficient (Wildman–Crippen LogP) is 2.42. The van der Waals surface area contributed by atoms with Gasteiger partial charge >= 0.3 is 0 Å². The molecular formula is C23H26FN7O2. The van der Waals surface area contributed by atoms with Crippen LogP contribution in [0.2, 0.25) is 0 Å². The number of aldehydes is 1. The van der Waals surface area contributed by atoms with Crippen LogP contribution in [0.25, 0.3) is 11.3 Å². The molecule has 1 amide bonds. The number of benzene rings is 2. The Morgan fingerprint density at radius 2 is 1.85 bits per heavy atom. The number of hydrogen-bond acceptors (Lipinski definition) is 6. The predicted molar refractivity (Wildman–Crippen MR) is 125 cm³/mol. The number of hydrazone groups is 1. The zero-order chi connectivity index (χ0) is 24.1. The summed E-state index contributed by atoms with van der Waals surface area (Å²) in [4.78, 5) is 26.3. The monoisotopic (exact) mass is 451 g/mol. The summed E-state index contributed by atoms with van der Waals surface area (Å²) in [5.41, 5.74) is 8.61. The first kappa shape index (κ1) is 23.6. The van der Waals surface area contributed by atoms with Crippen molar-refractivity contribution in [3.63, 3.8) is 0 Å². The van der Waals surface area contributed by atoms with Gasteiger partial charge in [-0.3, -0.25) is 14.5 Å². The van der Waals surface area contributed by atoms with E-state index in [-0.39, 0.29) is 35.2 Å². The minimum atomic E-state index is -0.384. The van der Waals surface area contributed by atoms with Gasteiger partial charge < -0.3 is 5.73 Å². The second-order valence-electron chi connectivity index (χ2n) is 7.40. The van der Waals surface area contributed by atoms with E-state index in [2.05, 4.69) is 10.2 Å². The van der Waals surface area contributed by atoms with Gasteiger partial charge in [0.25, 0.3) is 5.91 Å². The van der Waals surface area contributed by atoms with E-state index in [0.29, 0.717) is 29.8 Å². The molecule has 172 valence electrons. The Morgan fingerprint density at radius 3 is 2.45 bits per heavy atom. The lowest BCUT2D eigenvalue weighted by atomic mass is 10.0. The number of halogens is 1. The summed E-state index contributed by atoms with van der Waals surface area (Å²) < 4.78 is 15.1. The molecule has 0 spiro atoms. The highest BCUT2D eigenvalue weighted by Gasteiger charge is 2.26. The van der Waals surface area contributed by atoms with E-state index in [1.54, 1.807) is 48.1 Å².